The van der Waals surface area contributed by atoms with Crippen LogP contribution in [0, 0.1) is 5.92 Å². The molecule has 3 atom stereocenters. The molecule has 0 aromatic rings. The minimum absolute atomic E-state index is 0.0884. The van der Waals surface area contributed by atoms with E-state index in [-0.39, 0.29) is 24.5 Å². The first-order valence-corrected chi connectivity index (χ1v) is 12.8. The maximum Gasteiger partial charge on any atom is 0.240 e. The van der Waals surface area contributed by atoms with Gasteiger partial charge < -0.3 is 20.8 Å². The van der Waals surface area contributed by atoms with E-state index in [0.29, 0.717) is 0 Å². The van der Waals surface area contributed by atoms with E-state index >= 15 is 0 Å². The number of carbonyl (C=O) groups is 1. The topological polar surface area (TPSA) is 81.6 Å². The second-order valence-corrected chi connectivity index (χ2v) is 9.31. The SMILES string of the molecule is CCCCCCCCCCCCCCCCNC(C(=O)NC(CO)C(C)C)C(C)O. The Labute approximate surface area is 186 Å². The lowest BCUT2D eigenvalue weighted by molar-refractivity contribution is -0.127. The number of aliphatic hydroxyl groups is 2. The van der Waals surface area contributed by atoms with Gasteiger partial charge in [-0.1, -0.05) is 104 Å². The molecule has 5 nitrogen and oxygen atoms in total. The number of carbonyl (C=O) groups excluding carboxylic acids is 1. The van der Waals surface area contributed by atoms with Crippen LogP contribution in [0.1, 0.15) is 118 Å². The van der Waals surface area contributed by atoms with Crippen LogP contribution in [0.5, 0.6) is 0 Å². The number of rotatable bonds is 21. The van der Waals surface area contributed by atoms with Crippen LogP contribution < -0.4 is 10.6 Å². The van der Waals surface area contributed by atoms with Gasteiger partial charge in [0.15, 0.2) is 0 Å². The van der Waals surface area contributed by atoms with Crippen LogP contribution in [-0.2, 0) is 4.79 Å². The third-order valence-corrected chi connectivity index (χ3v) is 5.99. The Morgan fingerprint density at radius 2 is 1.20 bits per heavy atom. The van der Waals surface area contributed by atoms with Gasteiger partial charge in [-0.3, -0.25) is 4.79 Å². The van der Waals surface area contributed by atoms with Gasteiger partial charge in [-0.25, -0.2) is 0 Å². The first-order chi connectivity index (χ1) is 14.4. The lowest BCUT2D eigenvalue weighted by Gasteiger charge is -2.26. The average Bonchev–Trinajstić information content (AvgIpc) is 2.71. The molecule has 0 aliphatic heterocycles. The van der Waals surface area contributed by atoms with Crippen LogP contribution in [0.2, 0.25) is 0 Å². The first kappa shape index (κ1) is 29.4. The van der Waals surface area contributed by atoms with E-state index in [1.807, 2.05) is 13.8 Å². The normalized spacial score (nSPS) is 14.6. The highest BCUT2D eigenvalue weighted by molar-refractivity contribution is 5.82. The summed E-state index contributed by atoms with van der Waals surface area (Å²) in [6, 6.07) is -0.901. The highest BCUT2D eigenvalue weighted by atomic mass is 16.3. The van der Waals surface area contributed by atoms with Crippen molar-refractivity contribution < 1.29 is 15.0 Å². The summed E-state index contributed by atoms with van der Waals surface area (Å²) in [7, 11) is 0. The Morgan fingerprint density at radius 1 is 0.767 bits per heavy atom. The molecule has 0 aliphatic carbocycles. The van der Waals surface area contributed by atoms with Crippen LogP contribution in [0.15, 0.2) is 0 Å². The van der Waals surface area contributed by atoms with Gasteiger partial charge in [0.1, 0.15) is 6.04 Å². The lowest BCUT2D eigenvalue weighted by atomic mass is 10.0. The molecule has 5 heteroatoms. The van der Waals surface area contributed by atoms with Crippen molar-refractivity contribution >= 4 is 5.91 Å². The van der Waals surface area contributed by atoms with Crippen LogP contribution >= 0.6 is 0 Å². The third-order valence-electron chi connectivity index (χ3n) is 5.99. The molecule has 0 saturated carbocycles. The first-order valence-electron chi connectivity index (χ1n) is 12.8. The van der Waals surface area contributed by atoms with E-state index in [1.54, 1.807) is 6.92 Å². The zero-order valence-corrected chi connectivity index (χ0v) is 20.4. The molecule has 0 heterocycles. The van der Waals surface area contributed by atoms with Crippen molar-refractivity contribution in [1.29, 1.82) is 0 Å². The average molecular weight is 429 g/mol. The minimum Gasteiger partial charge on any atom is -0.394 e. The number of hydrogen-bond acceptors (Lipinski definition) is 4. The van der Waals surface area contributed by atoms with Crippen molar-refractivity contribution in [3.05, 3.63) is 0 Å². The van der Waals surface area contributed by atoms with E-state index in [9.17, 15) is 15.0 Å². The van der Waals surface area contributed by atoms with Crippen molar-refractivity contribution in [3.8, 4) is 0 Å². The Morgan fingerprint density at radius 3 is 1.57 bits per heavy atom. The molecule has 3 unspecified atom stereocenters. The van der Waals surface area contributed by atoms with E-state index < -0.39 is 12.1 Å². The smallest absolute Gasteiger partial charge is 0.240 e. The van der Waals surface area contributed by atoms with Gasteiger partial charge in [0, 0.05) is 0 Å². The maximum absolute atomic E-state index is 12.4. The standard InChI is InChI=1S/C25H52N2O3/c1-5-6-7-8-9-10-11-12-13-14-15-16-17-18-19-26-24(22(4)29)25(30)27-23(20-28)21(2)3/h21-24,26,28-29H,5-20H2,1-4H3,(H,27,30). The fraction of sp³-hybridized carbons (Fsp3) is 0.960. The molecule has 30 heavy (non-hydrogen) atoms. The van der Waals surface area contributed by atoms with E-state index in [4.69, 9.17) is 0 Å². The predicted molar refractivity (Wildman–Crippen MR) is 128 cm³/mol. The van der Waals surface area contributed by atoms with Gasteiger partial charge in [-0.05, 0) is 25.8 Å². The summed E-state index contributed by atoms with van der Waals surface area (Å²) in [4.78, 5) is 12.4. The van der Waals surface area contributed by atoms with Crippen LogP contribution in [0.25, 0.3) is 0 Å². The van der Waals surface area contributed by atoms with Crippen molar-refractivity contribution in [1.82, 2.24) is 10.6 Å². The van der Waals surface area contributed by atoms with E-state index in [1.165, 1.54) is 77.0 Å². The second kappa shape index (κ2) is 20.3. The molecule has 0 aromatic heterocycles. The molecule has 0 fully saturated rings. The monoisotopic (exact) mass is 428 g/mol. The van der Waals surface area contributed by atoms with E-state index in [0.717, 1.165) is 19.4 Å². The molecule has 0 rings (SSSR count). The van der Waals surface area contributed by atoms with Gasteiger partial charge in [0.25, 0.3) is 0 Å². The number of aliphatic hydroxyl groups excluding tert-OH is 2. The van der Waals surface area contributed by atoms with Crippen LogP contribution in [-0.4, -0.2) is 47.5 Å². The van der Waals surface area contributed by atoms with Crippen molar-refractivity contribution in [3.63, 3.8) is 0 Å². The third kappa shape index (κ3) is 16.1. The molecule has 180 valence electrons. The number of nitrogens with one attached hydrogen (secondary N) is 2. The quantitative estimate of drug-likeness (QED) is 0.195. The minimum atomic E-state index is -0.761. The van der Waals surface area contributed by atoms with Gasteiger partial charge in [-0.2, -0.15) is 0 Å². The summed E-state index contributed by atoms with van der Waals surface area (Å²) in [6.45, 7) is 8.46. The Bertz CT molecular complexity index is 389. The lowest BCUT2D eigenvalue weighted by Crippen LogP contribution is -2.54. The zero-order valence-electron chi connectivity index (χ0n) is 20.4. The Kier molecular flexibility index (Phi) is 19.8. The Balaban J connectivity index is 3.67. The molecule has 0 radical (unpaired) electrons. The molecular formula is C25H52N2O3. The van der Waals surface area contributed by atoms with Gasteiger partial charge >= 0.3 is 0 Å². The molecule has 0 aromatic carbocycles. The largest absolute Gasteiger partial charge is 0.394 e. The summed E-state index contributed by atoms with van der Waals surface area (Å²) in [5, 5.41) is 25.3. The predicted octanol–water partition coefficient (Wildman–Crippen LogP) is 4.94. The van der Waals surface area contributed by atoms with Gasteiger partial charge in [0.2, 0.25) is 5.91 Å². The summed E-state index contributed by atoms with van der Waals surface area (Å²) in [5.41, 5.74) is 0. The van der Waals surface area contributed by atoms with Gasteiger partial charge in [-0.15, -0.1) is 0 Å². The summed E-state index contributed by atoms with van der Waals surface area (Å²) in [6.07, 6.45) is 17.8. The molecule has 4 N–H and O–H groups in total. The van der Waals surface area contributed by atoms with Crippen molar-refractivity contribution in [2.75, 3.05) is 13.2 Å². The highest BCUT2D eigenvalue weighted by Crippen LogP contribution is 2.13. The number of hydrogen-bond donors (Lipinski definition) is 4. The molecule has 0 saturated heterocycles. The van der Waals surface area contributed by atoms with E-state index in [2.05, 4.69) is 17.6 Å². The van der Waals surface area contributed by atoms with Crippen molar-refractivity contribution in [2.24, 2.45) is 5.92 Å². The summed E-state index contributed by atoms with van der Waals surface area (Å²) in [5.74, 6) is -0.0810. The number of amides is 1. The maximum atomic E-state index is 12.4. The van der Waals surface area contributed by atoms with Crippen LogP contribution in [0.4, 0.5) is 0 Å². The number of unbranched alkanes of at least 4 members (excludes halogenated alkanes) is 13. The van der Waals surface area contributed by atoms with Gasteiger partial charge in [0.05, 0.1) is 18.8 Å². The molecule has 0 bridgehead atoms. The van der Waals surface area contributed by atoms with Crippen molar-refractivity contribution in [2.45, 2.75) is 136 Å². The van der Waals surface area contributed by atoms with Crippen LogP contribution in [0.3, 0.4) is 0 Å². The summed E-state index contributed by atoms with van der Waals surface area (Å²) >= 11 is 0. The molecule has 0 aliphatic rings. The molecular weight excluding hydrogens is 376 g/mol. The fourth-order valence-corrected chi connectivity index (χ4v) is 3.76. The second-order valence-electron chi connectivity index (χ2n) is 9.31. The Hall–Kier alpha value is -0.650. The summed E-state index contributed by atoms with van der Waals surface area (Å²) < 4.78 is 0. The molecule has 0 spiro atoms. The fourth-order valence-electron chi connectivity index (χ4n) is 3.76. The molecule has 1 amide bonds. The zero-order chi connectivity index (χ0) is 22.6. The highest BCUT2D eigenvalue weighted by Gasteiger charge is 2.25.